The van der Waals surface area contributed by atoms with Crippen LogP contribution >= 0.6 is 23.2 Å². The van der Waals surface area contributed by atoms with Crippen molar-refractivity contribution in [3.63, 3.8) is 0 Å². The van der Waals surface area contributed by atoms with Gasteiger partial charge in [0.2, 0.25) is 0 Å². The lowest BCUT2D eigenvalue weighted by Crippen LogP contribution is -2.09. The van der Waals surface area contributed by atoms with Crippen molar-refractivity contribution in [1.82, 2.24) is 4.98 Å². The Morgan fingerprint density at radius 3 is 2.64 bits per heavy atom. The number of nitro groups is 1. The van der Waals surface area contributed by atoms with Crippen molar-refractivity contribution in [2.75, 3.05) is 11.9 Å². The molecule has 0 aliphatic heterocycles. The fraction of sp³-hybridized carbons (Fsp3) is 0.158. The van der Waals surface area contributed by atoms with Crippen molar-refractivity contribution in [3.05, 3.63) is 67.8 Å². The minimum Gasteiger partial charge on any atom is -0.462 e. The lowest BCUT2D eigenvalue weighted by atomic mass is 10.1. The fourth-order valence-electron chi connectivity index (χ4n) is 2.76. The van der Waals surface area contributed by atoms with Crippen LogP contribution in [-0.4, -0.2) is 22.5 Å². The first-order valence-electron chi connectivity index (χ1n) is 8.29. The van der Waals surface area contributed by atoms with Crippen LogP contribution in [0.5, 0.6) is 0 Å². The first-order valence-corrected chi connectivity index (χ1v) is 9.05. The zero-order chi connectivity index (χ0) is 20.4. The van der Waals surface area contributed by atoms with E-state index < -0.39 is 10.9 Å². The lowest BCUT2D eigenvalue weighted by molar-refractivity contribution is -0.384. The van der Waals surface area contributed by atoms with Gasteiger partial charge in [-0.3, -0.25) is 15.1 Å². The van der Waals surface area contributed by atoms with Gasteiger partial charge < -0.3 is 10.1 Å². The molecule has 0 saturated carbocycles. The van der Waals surface area contributed by atoms with E-state index in [1.807, 2.05) is 6.92 Å². The summed E-state index contributed by atoms with van der Waals surface area (Å²) in [4.78, 5) is 27.4. The molecule has 0 radical (unpaired) electrons. The minimum atomic E-state index is -0.575. The number of nitrogens with zero attached hydrogens (tertiary/aromatic N) is 2. The van der Waals surface area contributed by atoms with Gasteiger partial charge in [-0.25, -0.2) is 4.79 Å². The molecule has 7 nitrogen and oxygen atoms in total. The van der Waals surface area contributed by atoms with Gasteiger partial charge in [0.1, 0.15) is 10.6 Å². The molecule has 2 aromatic carbocycles. The number of rotatable bonds is 5. The van der Waals surface area contributed by atoms with Crippen LogP contribution < -0.4 is 5.32 Å². The third-order valence-corrected chi connectivity index (χ3v) is 4.86. The van der Waals surface area contributed by atoms with Gasteiger partial charge in [-0.2, -0.15) is 0 Å². The highest BCUT2D eigenvalue weighted by Gasteiger charge is 2.20. The quantitative estimate of drug-likeness (QED) is 0.324. The molecule has 0 aliphatic rings. The van der Waals surface area contributed by atoms with E-state index in [1.54, 1.807) is 25.1 Å². The molecule has 0 fully saturated rings. The van der Waals surface area contributed by atoms with Crippen LogP contribution in [0.1, 0.15) is 22.8 Å². The number of aromatic nitrogens is 1. The SMILES string of the molecule is CCOC(=O)c1cnc2c(C)c(Cl)ccc2c1Nc1ccc(Cl)c([N+](=O)[O-])c1. The van der Waals surface area contributed by atoms with Gasteiger partial charge >= 0.3 is 5.97 Å². The Hall–Kier alpha value is -2.90. The lowest BCUT2D eigenvalue weighted by Gasteiger charge is -2.15. The number of carbonyl (C=O) groups excluding carboxylic acids is 1. The second-order valence-corrected chi connectivity index (χ2v) is 6.70. The molecule has 0 amide bonds. The first kappa shape index (κ1) is 19.9. The van der Waals surface area contributed by atoms with E-state index in [2.05, 4.69) is 10.3 Å². The smallest absolute Gasteiger partial charge is 0.341 e. The molecule has 0 atom stereocenters. The second-order valence-electron chi connectivity index (χ2n) is 5.88. The molecule has 0 bridgehead atoms. The molecule has 9 heteroatoms. The van der Waals surface area contributed by atoms with E-state index >= 15 is 0 Å². The number of pyridine rings is 1. The Morgan fingerprint density at radius 2 is 1.96 bits per heavy atom. The van der Waals surface area contributed by atoms with Crippen LogP contribution in [0.15, 0.2) is 36.5 Å². The van der Waals surface area contributed by atoms with Crippen LogP contribution in [0.4, 0.5) is 17.1 Å². The van der Waals surface area contributed by atoms with E-state index in [9.17, 15) is 14.9 Å². The van der Waals surface area contributed by atoms with E-state index in [1.165, 1.54) is 18.3 Å². The summed E-state index contributed by atoms with van der Waals surface area (Å²) >= 11 is 12.1. The van der Waals surface area contributed by atoms with Gasteiger partial charge in [0.15, 0.2) is 0 Å². The van der Waals surface area contributed by atoms with Crippen LogP contribution in [0.25, 0.3) is 10.9 Å². The Bertz CT molecular complexity index is 1100. The summed E-state index contributed by atoms with van der Waals surface area (Å²) in [7, 11) is 0. The number of esters is 1. The fourth-order valence-corrected chi connectivity index (χ4v) is 3.09. The molecule has 0 saturated heterocycles. The molecule has 28 heavy (non-hydrogen) atoms. The highest BCUT2D eigenvalue weighted by atomic mass is 35.5. The van der Waals surface area contributed by atoms with Crippen LogP contribution in [0.3, 0.4) is 0 Å². The second kappa shape index (κ2) is 8.00. The zero-order valence-corrected chi connectivity index (χ0v) is 16.5. The number of carbonyl (C=O) groups is 1. The number of hydrogen-bond donors (Lipinski definition) is 1. The maximum atomic E-state index is 12.4. The normalized spacial score (nSPS) is 10.7. The van der Waals surface area contributed by atoms with Gasteiger partial charge in [0, 0.05) is 28.4 Å². The Labute approximate surface area is 170 Å². The highest BCUT2D eigenvalue weighted by molar-refractivity contribution is 6.33. The van der Waals surface area contributed by atoms with Gasteiger partial charge in [0.05, 0.1) is 22.7 Å². The van der Waals surface area contributed by atoms with E-state index in [4.69, 9.17) is 27.9 Å². The predicted molar refractivity (Wildman–Crippen MR) is 109 cm³/mol. The van der Waals surface area contributed by atoms with Crippen molar-refractivity contribution in [2.45, 2.75) is 13.8 Å². The van der Waals surface area contributed by atoms with Crippen molar-refractivity contribution >= 4 is 57.1 Å². The van der Waals surface area contributed by atoms with Gasteiger partial charge in [-0.05, 0) is 43.7 Å². The number of halogens is 2. The third-order valence-electron chi connectivity index (χ3n) is 4.13. The standard InChI is InChI=1S/C19H15Cl2N3O4/c1-3-28-19(25)13-9-22-17-10(2)14(20)7-5-12(17)18(13)23-11-4-6-15(21)16(8-11)24(26)27/h4-9H,3H2,1-2H3,(H,22,23). The average Bonchev–Trinajstić information content (AvgIpc) is 2.66. The summed E-state index contributed by atoms with van der Waals surface area (Å²) in [6, 6.07) is 7.72. The molecule has 0 spiro atoms. The Morgan fingerprint density at radius 1 is 1.25 bits per heavy atom. The zero-order valence-electron chi connectivity index (χ0n) is 15.0. The van der Waals surface area contributed by atoms with Gasteiger partial charge in [0.25, 0.3) is 5.69 Å². The maximum absolute atomic E-state index is 12.4. The maximum Gasteiger partial charge on any atom is 0.341 e. The van der Waals surface area contributed by atoms with Gasteiger partial charge in [-0.1, -0.05) is 23.2 Å². The number of fused-ring (bicyclic) bond motifs is 1. The molecule has 1 aromatic heterocycles. The molecule has 0 unspecified atom stereocenters. The topological polar surface area (TPSA) is 94.4 Å². The van der Waals surface area contributed by atoms with Crippen LogP contribution in [0, 0.1) is 17.0 Å². The van der Waals surface area contributed by atoms with E-state index in [-0.39, 0.29) is 22.9 Å². The summed E-state index contributed by atoms with van der Waals surface area (Å²) in [5, 5.41) is 15.4. The van der Waals surface area contributed by atoms with Crippen LogP contribution in [-0.2, 0) is 4.74 Å². The summed E-state index contributed by atoms with van der Waals surface area (Å²) in [6.07, 6.45) is 1.40. The number of aryl methyl sites for hydroxylation is 1. The molecule has 144 valence electrons. The van der Waals surface area contributed by atoms with E-state index in [0.29, 0.717) is 27.3 Å². The largest absolute Gasteiger partial charge is 0.462 e. The minimum absolute atomic E-state index is 0.0170. The molecular weight excluding hydrogens is 405 g/mol. The number of benzene rings is 2. The van der Waals surface area contributed by atoms with Crippen molar-refractivity contribution in [2.24, 2.45) is 0 Å². The number of nitrogens with one attached hydrogen (secondary N) is 1. The first-order chi connectivity index (χ1) is 13.3. The summed E-state index contributed by atoms with van der Waals surface area (Å²) in [6.45, 7) is 3.72. The highest BCUT2D eigenvalue weighted by Crippen LogP contribution is 2.35. The number of hydrogen-bond acceptors (Lipinski definition) is 6. The monoisotopic (exact) mass is 419 g/mol. The molecule has 1 N–H and O–H groups in total. The molecule has 1 heterocycles. The Balaban J connectivity index is 2.21. The molecule has 0 aliphatic carbocycles. The third kappa shape index (κ3) is 3.72. The summed E-state index contributed by atoms with van der Waals surface area (Å²) in [5.41, 5.74) is 2.11. The van der Waals surface area contributed by atoms with E-state index in [0.717, 1.165) is 5.56 Å². The van der Waals surface area contributed by atoms with Crippen LogP contribution in [0.2, 0.25) is 10.0 Å². The van der Waals surface area contributed by atoms with Crippen molar-refractivity contribution in [3.8, 4) is 0 Å². The molecule has 3 rings (SSSR count). The van der Waals surface area contributed by atoms with Crippen molar-refractivity contribution in [1.29, 1.82) is 0 Å². The summed E-state index contributed by atoms with van der Waals surface area (Å²) in [5.74, 6) is -0.560. The number of anilines is 2. The molecule has 3 aromatic rings. The number of ether oxygens (including phenoxy) is 1. The average molecular weight is 420 g/mol. The number of nitro benzene ring substituents is 1. The van der Waals surface area contributed by atoms with Gasteiger partial charge in [-0.15, -0.1) is 0 Å². The summed E-state index contributed by atoms with van der Waals surface area (Å²) < 4.78 is 5.12. The van der Waals surface area contributed by atoms with Crippen molar-refractivity contribution < 1.29 is 14.5 Å². The predicted octanol–water partition coefficient (Wildman–Crippen LogP) is 5.68. The molecular formula is C19H15Cl2N3O4. The Kier molecular flexibility index (Phi) is 5.67.